The van der Waals surface area contributed by atoms with Crippen LogP contribution in [0.2, 0.25) is 5.02 Å². The molecule has 1 aromatic carbocycles. The minimum Gasteiger partial charge on any atom is -0.359 e. The number of nitrogens with one attached hydrogen (secondary N) is 1. The third-order valence-electron chi connectivity index (χ3n) is 2.05. The lowest BCUT2D eigenvalue weighted by molar-refractivity contribution is -0.184. The van der Waals surface area contributed by atoms with Gasteiger partial charge < -0.3 is 10.1 Å². The van der Waals surface area contributed by atoms with Gasteiger partial charge in [0, 0.05) is 5.69 Å². The number of halogens is 5. The summed E-state index contributed by atoms with van der Waals surface area (Å²) < 4.78 is 52.9. The Balaban J connectivity index is 2.56. The predicted molar refractivity (Wildman–Crippen MR) is 61.5 cm³/mol. The smallest absolute Gasteiger partial charge is 0.359 e. The number of benzene rings is 1. The Labute approximate surface area is 111 Å². The Morgan fingerprint density at radius 3 is 2.63 bits per heavy atom. The van der Waals surface area contributed by atoms with Gasteiger partial charge >= 0.3 is 6.18 Å². The largest absolute Gasteiger partial charge is 0.411 e. The average molecular weight is 300 g/mol. The van der Waals surface area contributed by atoms with Gasteiger partial charge in [-0.05, 0) is 25.1 Å². The highest BCUT2D eigenvalue weighted by Crippen LogP contribution is 2.20. The number of carbonyl (C=O) groups excluding carboxylic acids is 1. The molecule has 19 heavy (non-hydrogen) atoms. The maximum atomic E-state index is 12.9. The topological polar surface area (TPSA) is 38.3 Å². The van der Waals surface area contributed by atoms with Crippen LogP contribution in [-0.4, -0.2) is 24.8 Å². The van der Waals surface area contributed by atoms with E-state index in [2.05, 4.69) is 10.1 Å². The molecule has 0 aromatic heterocycles. The lowest BCUT2D eigenvalue weighted by Crippen LogP contribution is -2.31. The number of carbonyl (C=O) groups is 1. The quantitative estimate of drug-likeness (QED) is 0.866. The highest BCUT2D eigenvalue weighted by atomic mass is 35.5. The first kappa shape index (κ1) is 15.7. The maximum Gasteiger partial charge on any atom is 0.411 e. The van der Waals surface area contributed by atoms with Crippen LogP contribution in [0.5, 0.6) is 0 Å². The van der Waals surface area contributed by atoms with Crippen molar-refractivity contribution < 1.29 is 27.1 Å². The van der Waals surface area contributed by atoms with Gasteiger partial charge in [0.25, 0.3) is 5.91 Å². The number of rotatable bonds is 4. The summed E-state index contributed by atoms with van der Waals surface area (Å²) in [6.45, 7) is -0.349. The average Bonchev–Trinajstić information content (AvgIpc) is 2.29. The van der Waals surface area contributed by atoms with Gasteiger partial charge in [-0.1, -0.05) is 11.6 Å². The Hall–Kier alpha value is -1.34. The molecule has 1 amide bonds. The van der Waals surface area contributed by atoms with E-state index in [1.54, 1.807) is 0 Å². The van der Waals surface area contributed by atoms with Crippen molar-refractivity contribution in [2.45, 2.75) is 19.2 Å². The fourth-order valence-electron chi connectivity index (χ4n) is 1.11. The second kappa shape index (κ2) is 6.21. The minimum atomic E-state index is -4.51. The zero-order valence-corrected chi connectivity index (χ0v) is 10.5. The Bertz CT molecular complexity index is 464. The number of alkyl halides is 3. The van der Waals surface area contributed by atoms with Gasteiger partial charge in [-0.15, -0.1) is 0 Å². The summed E-state index contributed by atoms with van der Waals surface area (Å²) >= 11 is 5.49. The summed E-state index contributed by atoms with van der Waals surface area (Å²) in [7, 11) is 0. The van der Waals surface area contributed by atoms with Crippen LogP contribution in [0.15, 0.2) is 18.2 Å². The second-order valence-corrected chi connectivity index (χ2v) is 4.09. The molecule has 0 aliphatic heterocycles. The molecule has 0 heterocycles. The monoisotopic (exact) mass is 299 g/mol. The number of amides is 1. The molecule has 0 radical (unpaired) electrons. The molecule has 0 saturated carbocycles. The van der Waals surface area contributed by atoms with E-state index in [9.17, 15) is 22.4 Å². The molecular formula is C11H10ClF4NO2. The summed E-state index contributed by atoms with van der Waals surface area (Å²) in [5.74, 6) is -1.45. The van der Waals surface area contributed by atoms with Crippen molar-refractivity contribution in [1.82, 2.24) is 0 Å². The van der Waals surface area contributed by atoms with Crippen LogP contribution in [0.1, 0.15) is 6.92 Å². The fraction of sp³-hybridized carbons (Fsp3) is 0.364. The number of anilines is 1. The number of hydrogen-bond donors (Lipinski definition) is 1. The van der Waals surface area contributed by atoms with E-state index in [1.165, 1.54) is 13.0 Å². The molecule has 0 saturated heterocycles. The molecule has 1 aromatic rings. The van der Waals surface area contributed by atoms with Crippen LogP contribution in [0.3, 0.4) is 0 Å². The Kier molecular flexibility index (Phi) is 5.13. The summed E-state index contributed by atoms with van der Waals surface area (Å²) in [6, 6.07) is 3.40. The van der Waals surface area contributed by atoms with Gasteiger partial charge in [0.1, 0.15) is 18.5 Å². The van der Waals surface area contributed by atoms with Crippen LogP contribution < -0.4 is 5.32 Å². The Morgan fingerprint density at radius 1 is 1.47 bits per heavy atom. The van der Waals surface area contributed by atoms with Gasteiger partial charge in [-0.2, -0.15) is 13.2 Å². The molecule has 0 bridgehead atoms. The standard InChI is InChI=1S/C11H10ClF4NO2/c1-6(19-5-11(14,15)16)10(18)17-7-2-3-9(13)8(12)4-7/h2-4,6H,5H2,1H3,(H,17,18)/t6-/m0/s1. The van der Waals surface area contributed by atoms with Gasteiger partial charge in [0.05, 0.1) is 5.02 Å². The number of hydrogen-bond acceptors (Lipinski definition) is 2. The zero-order chi connectivity index (χ0) is 14.6. The van der Waals surface area contributed by atoms with Crippen molar-refractivity contribution in [3.8, 4) is 0 Å². The van der Waals surface area contributed by atoms with Crippen molar-refractivity contribution in [2.75, 3.05) is 11.9 Å². The molecule has 1 atom stereocenters. The Morgan fingerprint density at radius 2 is 2.11 bits per heavy atom. The molecule has 1 rings (SSSR count). The van der Waals surface area contributed by atoms with Gasteiger partial charge in [0.2, 0.25) is 0 Å². The first-order valence-corrected chi connectivity index (χ1v) is 5.51. The molecule has 3 nitrogen and oxygen atoms in total. The third kappa shape index (κ3) is 5.44. The van der Waals surface area contributed by atoms with Crippen LogP contribution in [-0.2, 0) is 9.53 Å². The van der Waals surface area contributed by atoms with E-state index >= 15 is 0 Å². The predicted octanol–water partition coefficient (Wildman–Crippen LogP) is 3.39. The molecule has 0 aliphatic rings. The lowest BCUT2D eigenvalue weighted by atomic mass is 10.3. The molecular weight excluding hydrogens is 290 g/mol. The van der Waals surface area contributed by atoms with Crippen LogP contribution in [0, 0.1) is 5.82 Å². The number of ether oxygens (including phenoxy) is 1. The van der Waals surface area contributed by atoms with Crippen LogP contribution in [0.25, 0.3) is 0 Å². The fourth-order valence-corrected chi connectivity index (χ4v) is 1.29. The van der Waals surface area contributed by atoms with E-state index in [0.29, 0.717) is 0 Å². The van der Waals surface area contributed by atoms with Crippen molar-refractivity contribution in [2.24, 2.45) is 0 Å². The summed E-state index contributed by atoms with van der Waals surface area (Å²) in [4.78, 5) is 11.5. The van der Waals surface area contributed by atoms with Crippen LogP contribution >= 0.6 is 11.6 Å². The first-order valence-electron chi connectivity index (χ1n) is 5.13. The second-order valence-electron chi connectivity index (χ2n) is 3.69. The first-order chi connectivity index (χ1) is 8.69. The molecule has 106 valence electrons. The zero-order valence-electron chi connectivity index (χ0n) is 9.72. The molecule has 0 fully saturated rings. The van der Waals surface area contributed by atoms with Crippen molar-refractivity contribution in [3.63, 3.8) is 0 Å². The van der Waals surface area contributed by atoms with Crippen LogP contribution in [0.4, 0.5) is 23.2 Å². The van der Waals surface area contributed by atoms with Gasteiger partial charge in [-0.25, -0.2) is 4.39 Å². The molecule has 1 N–H and O–H groups in total. The van der Waals surface area contributed by atoms with Gasteiger partial charge in [-0.3, -0.25) is 4.79 Å². The third-order valence-corrected chi connectivity index (χ3v) is 2.34. The lowest BCUT2D eigenvalue weighted by Gasteiger charge is -2.14. The van der Waals surface area contributed by atoms with Crippen molar-refractivity contribution in [1.29, 1.82) is 0 Å². The highest BCUT2D eigenvalue weighted by molar-refractivity contribution is 6.31. The summed E-state index contributed by atoms with van der Waals surface area (Å²) in [6.07, 6.45) is -5.81. The van der Waals surface area contributed by atoms with E-state index < -0.39 is 30.6 Å². The summed E-state index contributed by atoms with van der Waals surface area (Å²) in [5.41, 5.74) is 0.166. The van der Waals surface area contributed by atoms with E-state index in [1.807, 2.05) is 0 Å². The maximum absolute atomic E-state index is 12.9. The molecule has 0 unspecified atom stereocenters. The van der Waals surface area contributed by atoms with Gasteiger partial charge in [0.15, 0.2) is 0 Å². The normalized spacial score (nSPS) is 13.2. The van der Waals surface area contributed by atoms with E-state index in [0.717, 1.165) is 12.1 Å². The van der Waals surface area contributed by atoms with Crippen molar-refractivity contribution in [3.05, 3.63) is 29.0 Å². The molecule has 8 heteroatoms. The minimum absolute atomic E-state index is 0.166. The summed E-state index contributed by atoms with van der Waals surface area (Å²) in [5, 5.41) is 2.06. The molecule has 0 aliphatic carbocycles. The highest BCUT2D eigenvalue weighted by Gasteiger charge is 2.29. The van der Waals surface area contributed by atoms with E-state index in [-0.39, 0.29) is 10.7 Å². The SMILES string of the molecule is C[C@H](OCC(F)(F)F)C(=O)Nc1ccc(F)c(Cl)c1. The molecule has 0 spiro atoms. The van der Waals surface area contributed by atoms with Crippen molar-refractivity contribution >= 4 is 23.2 Å². The van der Waals surface area contributed by atoms with E-state index in [4.69, 9.17) is 11.6 Å².